The topological polar surface area (TPSA) is 55.6 Å². The number of aromatic nitrogens is 4. The van der Waals surface area contributed by atoms with Crippen LogP contribution in [0.25, 0.3) is 10.9 Å². The third-order valence-electron chi connectivity index (χ3n) is 3.33. The van der Waals surface area contributed by atoms with E-state index >= 15 is 0 Å². The van der Waals surface area contributed by atoms with E-state index in [4.69, 9.17) is 0 Å². The first-order chi connectivity index (χ1) is 9.84. The molecule has 0 aliphatic rings. The fourth-order valence-electron chi connectivity index (χ4n) is 2.24. The van der Waals surface area contributed by atoms with Gasteiger partial charge in [0.2, 0.25) is 0 Å². The second-order valence-corrected chi connectivity index (χ2v) is 4.71. The molecular weight excluding hydrogens is 250 g/mol. The van der Waals surface area contributed by atoms with Crippen molar-refractivity contribution in [2.45, 2.75) is 19.9 Å². The van der Waals surface area contributed by atoms with Gasteiger partial charge in [-0.3, -0.25) is 9.97 Å². The number of anilines is 1. The summed E-state index contributed by atoms with van der Waals surface area (Å²) in [6.07, 6.45) is 10.3. The van der Waals surface area contributed by atoms with Gasteiger partial charge in [-0.2, -0.15) is 0 Å². The molecule has 3 rings (SSSR count). The first-order valence-electron chi connectivity index (χ1n) is 6.75. The number of pyridine rings is 2. The second kappa shape index (κ2) is 5.69. The summed E-state index contributed by atoms with van der Waals surface area (Å²) in [7, 11) is 0. The minimum Gasteiger partial charge on any atom is -0.382 e. The minimum absolute atomic E-state index is 0.884. The van der Waals surface area contributed by atoms with Crippen LogP contribution in [0.3, 0.4) is 0 Å². The van der Waals surface area contributed by atoms with Crippen LogP contribution < -0.4 is 5.32 Å². The lowest BCUT2D eigenvalue weighted by Crippen LogP contribution is -2.08. The predicted octanol–water partition coefficient (Wildman–Crippen LogP) is 2.64. The van der Waals surface area contributed by atoms with Gasteiger partial charge in [0.1, 0.15) is 5.82 Å². The summed E-state index contributed by atoms with van der Waals surface area (Å²) in [5.74, 6) is 1.05. The highest BCUT2D eigenvalue weighted by Crippen LogP contribution is 2.18. The minimum atomic E-state index is 0.884. The Kier molecular flexibility index (Phi) is 3.58. The van der Waals surface area contributed by atoms with Gasteiger partial charge < -0.3 is 9.88 Å². The molecule has 0 saturated heterocycles. The van der Waals surface area contributed by atoms with E-state index in [0.29, 0.717) is 0 Å². The van der Waals surface area contributed by atoms with Gasteiger partial charge in [-0.25, -0.2) is 4.98 Å². The molecule has 5 heteroatoms. The SMILES string of the molecule is Cc1nccn1CCCNc1cncc2cccnc12. The Labute approximate surface area is 117 Å². The molecule has 0 aliphatic heterocycles. The molecule has 0 unspecified atom stereocenters. The molecule has 0 saturated carbocycles. The molecule has 0 fully saturated rings. The highest BCUT2D eigenvalue weighted by atomic mass is 15.1. The molecule has 20 heavy (non-hydrogen) atoms. The number of imidazole rings is 1. The summed E-state index contributed by atoms with van der Waals surface area (Å²) >= 11 is 0. The van der Waals surface area contributed by atoms with Crippen LogP contribution in [0.2, 0.25) is 0 Å². The summed E-state index contributed by atoms with van der Waals surface area (Å²) in [5.41, 5.74) is 1.96. The third-order valence-corrected chi connectivity index (χ3v) is 3.33. The molecule has 3 aromatic rings. The van der Waals surface area contributed by atoms with E-state index in [9.17, 15) is 0 Å². The molecule has 102 valence electrons. The van der Waals surface area contributed by atoms with Gasteiger partial charge in [-0.1, -0.05) is 0 Å². The summed E-state index contributed by atoms with van der Waals surface area (Å²) in [6.45, 7) is 3.87. The fraction of sp³-hybridized carbons (Fsp3) is 0.267. The first kappa shape index (κ1) is 12.6. The molecular formula is C15H17N5. The van der Waals surface area contributed by atoms with E-state index in [1.54, 1.807) is 0 Å². The zero-order valence-electron chi connectivity index (χ0n) is 11.5. The van der Waals surface area contributed by atoms with Crippen LogP contribution in [0.4, 0.5) is 5.69 Å². The lowest BCUT2D eigenvalue weighted by molar-refractivity contribution is 0.642. The Bertz CT molecular complexity index is 699. The highest BCUT2D eigenvalue weighted by Gasteiger charge is 2.02. The smallest absolute Gasteiger partial charge is 0.105 e. The molecule has 0 bridgehead atoms. The van der Waals surface area contributed by atoms with Gasteiger partial charge in [0.25, 0.3) is 0 Å². The molecule has 0 spiro atoms. The van der Waals surface area contributed by atoms with Crippen molar-refractivity contribution in [1.82, 2.24) is 19.5 Å². The van der Waals surface area contributed by atoms with Crippen molar-refractivity contribution in [2.75, 3.05) is 11.9 Å². The molecule has 0 aliphatic carbocycles. The Morgan fingerprint density at radius 3 is 3.00 bits per heavy atom. The third kappa shape index (κ3) is 2.61. The van der Waals surface area contributed by atoms with Crippen molar-refractivity contribution in [1.29, 1.82) is 0 Å². The van der Waals surface area contributed by atoms with Crippen LogP contribution in [0.5, 0.6) is 0 Å². The molecule has 0 atom stereocenters. The van der Waals surface area contributed by atoms with Gasteiger partial charge in [0.15, 0.2) is 0 Å². The second-order valence-electron chi connectivity index (χ2n) is 4.71. The molecule has 5 nitrogen and oxygen atoms in total. The Hall–Kier alpha value is -2.43. The number of nitrogens with zero attached hydrogens (tertiary/aromatic N) is 4. The molecule has 0 amide bonds. The number of hydrogen-bond acceptors (Lipinski definition) is 4. The molecule has 3 heterocycles. The molecule has 3 aromatic heterocycles. The van der Waals surface area contributed by atoms with Crippen LogP contribution >= 0.6 is 0 Å². The quantitative estimate of drug-likeness (QED) is 0.722. The average molecular weight is 267 g/mol. The zero-order valence-corrected chi connectivity index (χ0v) is 11.5. The number of nitrogens with one attached hydrogen (secondary N) is 1. The van der Waals surface area contributed by atoms with Crippen molar-refractivity contribution in [3.63, 3.8) is 0 Å². The largest absolute Gasteiger partial charge is 0.382 e. The number of rotatable bonds is 5. The normalized spacial score (nSPS) is 10.8. The van der Waals surface area contributed by atoms with Gasteiger partial charge in [0.05, 0.1) is 17.4 Å². The van der Waals surface area contributed by atoms with Crippen LogP contribution in [0, 0.1) is 6.92 Å². The summed E-state index contributed by atoms with van der Waals surface area (Å²) in [6, 6.07) is 3.95. The van der Waals surface area contributed by atoms with Crippen molar-refractivity contribution in [3.8, 4) is 0 Å². The maximum Gasteiger partial charge on any atom is 0.105 e. The van der Waals surface area contributed by atoms with Gasteiger partial charge in [0, 0.05) is 43.3 Å². The van der Waals surface area contributed by atoms with E-state index in [1.807, 2.05) is 50.0 Å². The monoisotopic (exact) mass is 267 g/mol. The molecule has 0 aromatic carbocycles. The van der Waals surface area contributed by atoms with Crippen LogP contribution in [-0.4, -0.2) is 26.1 Å². The van der Waals surface area contributed by atoms with Crippen molar-refractivity contribution in [2.24, 2.45) is 0 Å². The fourth-order valence-corrected chi connectivity index (χ4v) is 2.24. The Morgan fingerprint density at radius 2 is 2.15 bits per heavy atom. The summed E-state index contributed by atoms with van der Waals surface area (Å²) in [4.78, 5) is 12.9. The maximum absolute atomic E-state index is 4.41. The van der Waals surface area contributed by atoms with Crippen molar-refractivity contribution < 1.29 is 0 Å². The Morgan fingerprint density at radius 1 is 1.20 bits per heavy atom. The van der Waals surface area contributed by atoms with Crippen LogP contribution in [-0.2, 0) is 6.54 Å². The number of fused-ring (bicyclic) bond motifs is 1. The lowest BCUT2D eigenvalue weighted by Gasteiger charge is -2.09. The molecule has 1 N–H and O–H groups in total. The van der Waals surface area contributed by atoms with Gasteiger partial charge in [-0.15, -0.1) is 0 Å². The van der Waals surface area contributed by atoms with E-state index in [-0.39, 0.29) is 0 Å². The van der Waals surface area contributed by atoms with E-state index in [1.165, 1.54) is 0 Å². The van der Waals surface area contributed by atoms with E-state index < -0.39 is 0 Å². The zero-order chi connectivity index (χ0) is 13.8. The number of aryl methyl sites for hydroxylation is 2. The Balaban J connectivity index is 1.62. The van der Waals surface area contributed by atoms with E-state index in [2.05, 4.69) is 24.8 Å². The van der Waals surface area contributed by atoms with Crippen LogP contribution in [0.1, 0.15) is 12.2 Å². The predicted molar refractivity (Wildman–Crippen MR) is 79.6 cm³/mol. The summed E-state index contributed by atoms with van der Waals surface area (Å²) < 4.78 is 2.15. The highest BCUT2D eigenvalue weighted by molar-refractivity contribution is 5.88. The average Bonchev–Trinajstić information content (AvgIpc) is 2.89. The first-order valence-corrected chi connectivity index (χ1v) is 6.75. The van der Waals surface area contributed by atoms with Gasteiger partial charge in [-0.05, 0) is 25.5 Å². The lowest BCUT2D eigenvalue weighted by atomic mass is 10.2. The number of hydrogen-bond donors (Lipinski definition) is 1. The summed E-state index contributed by atoms with van der Waals surface area (Å²) in [5, 5.41) is 4.47. The van der Waals surface area contributed by atoms with Gasteiger partial charge >= 0.3 is 0 Å². The van der Waals surface area contributed by atoms with Crippen molar-refractivity contribution >= 4 is 16.6 Å². The van der Waals surface area contributed by atoms with Crippen molar-refractivity contribution in [3.05, 3.63) is 48.9 Å². The van der Waals surface area contributed by atoms with Crippen LogP contribution in [0.15, 0.2) is 43.1 Å². The van der Waals surface area contributed by atoms with E-state index in [0.717, 1.165) is 41.9 Å². The standard InChI is InChI=1S/C15H17N5/c1-12-17-7-9-20(12)8-3-6-18-14-11-16-10-13-4-2-5-19-15(13)14/h2,4-5,7,9-11,18H,3,6,8H2,1H3. The molecule has 0 radical (unpaired) electrons. The maximum atomic E-state index is 4.41.